The molecular formula is C6H6N2. The Kier molecular flexibility index (Phi) is 1.05. The van der Waals surface area contributed by atoms with Crippen LogP contribution in [0.4, 0.5) is 0 Å². The van der Waals surface area contributed by atoms with Gasteiger partial charge in [-0.25, -0.2) is 4.98 Å². The van der Waals surface area contributed by atoms with Gasteiger partial charge in [0, 0.05) is 18.4 Å². The van der Waals surface area contributed by atoms with E-state index in [0.717, 1.165) is 5.82 Å². The summed E-state index contributed by atoms with van der Waals surface area (Å²) < 4.78 is 1.62. The molecule has 0 aromatic carbocycles. The van der Waals surface area contributed by atoms with Gasteiger partial charge < -0.3 is 0 Å². The van der Waals surface area contributed by atoms with E-state index in [4.69, 9.17) is 6.42 Å². The van der Waals surface area contributed by atoms with Crippen molar-refractivity contribution >= 4 is 0 Å². The molecule has 0 amide bonds. The second-order valence-electron chi connectivity index (χ2n) is 1.47. The smallest absolute Gasteiger partial charge is 0.117 e. The Morgan fingerprint density at radius 3 is 2.88 bits per heavy atom. The molecule has 0 N–H and O–H groups in total. The Labute approximate surface area is 48.2 Å². The third-order valence-electron chi connectivity index (χ3n) is 0.965. The van der Waals surface area contributed by atoms with Crippen molar-refractivity contribution in [1.29, 1.82) is 0 Å². The van der Waals surface area contributed by atoms with Crippen molar-refractivity contribution < 1.29 is 0 Å². The van der Waals surface area contributed by atoms with Crippen molar-refractivity contribution in [3.63, 3.8) is 0 Å². The highest BCUT2D eigenvalue weighted by molar-refractivity contribution is 5.01. The second-order valence-corrected chi connectivity index (χ2v) is 1.47. The van der Waals surface area contributed by atoms with Crippen LogP contribution in [0.15, 0.2) is 12.4 Å². The zero-order valence-corrected chi connectivity index (χ0v) is 4.63. The maximum atomic E-state index is 5.07. The minimum Gasteiger partial charge on any atom is -0.263 e. The SMILES string of the molecule is C#Cn1ccnc1C. The molecule has 0 atom stereocenters. The first-order valence-corrected chi connectivity index (χ1v) is 2.31. The first-order chi connectivity index (χ1) is 3.84. The number of nitrogens with zero attached hydrogens (tertiary/aromatic N) is 2. The average Bonchev–Trinajstić information content (AvgIpc) is 2.14. The maximum absolute atomic E-state index is 5.07. The molecule has 0 aliphatic heterocycles. The summed E-state index contributed by atoms with van der Waals surface area (Å²) in [5, 5.41) is 0. The molecule has 2 heteroatoms. The molecule has 0 saturated heterocycles. The topological polar surface area (TPSA) is 17.8 Å². The van der Waals surface area contributed by atoms with Gasteiger partial charge in [-0.1, -0.05) is 6.42 Å². The van der Waals surface area contributed by atoms with E-state index in [0.29, 0.717) is 0 Å². The summed E-state index contributed by atoms with van der Waals surface area (Å²) in [6.07, 6.45) is 8.49. The Bertz CT molecular complexity index is 217. The van der Waals surface area contributed by atoms with Gasteiger partial charge in [0.05, 0.1) is 0 Å². The van der Waals surface area contributed by atoms with Crippen LogP contribution < -0.4 is 0 Å². The van der Waals surface area contributed by atoms with Gasteiger partial charge in [0.15, 0.2) is 0 Å². The largest absolute Gasteiger partial charge is 0.263 e. The van der Waals surface area contributed by atoms with Crippen LogP contribution in [0.2, 0.25) is 0 Å². The molecule has 0 aliphatic rings. The highest BCUT2D eigenvalue weighted by atomic mass is 15.0. The highest BCUT2D eigenvalue weighted by Gasteiger charge is 1.87. The summed E-state index contributed by atoms with van der Waals surface area (Å²) in [6.45, 7) is 1.86. The minimum absolute atomic E-state index is 0.854. The zero-order chi connectivity index (χ0) is 5.98. The maximum Gasteiger partial charge on any atom is 0.117 e. The lowest BCUT2D eigenvalue weighted by molar-refractivity contribution is 1.01. The second kappa shape index (κ2) is 1.71. The molecule has 1 aromatic rings. The van der Waals surface area contributed by atoms with Gasteiger partial charge in [0.25, 0.3) is 0 Å². The first-order valence-electron chi connectivity index (χ1n) is 2.31. The van der Waals surface area contributed by atoms with Gasteiger partial charge in [-0.15, -0.1) is 0 Å². The Morgan fingerprint density at radius 1 is 1.88 bits per heavy atom. The Hall–Kier alpha value is -1.23. The lowest BCUT2D eigenvalue weighted by Gasteiger charge is -1.86. The van der Waals surface area contributed by atoms with E-state index in [1.165, 1.54) is 0 Å². The summed E-state index contributed by atoms with van der Waals surface area (Å²) in [5.74, 6) is 0.854. The molecule has 1 aromatic heterocycles. The van der Waals surface area contributed by atoms with Crippen molar-refractivity contribution in [2.45, 2.75) is 6.92 Å². The van der Waals surface area contributed by atoms with Crippen molar-refractivity contribution in [3.8, 4) is 12.5 Å². The third-order valence-corrected chi connectivity index (χ3v) is 0.965. The standard InChI is InChI=1S/C6H6N2/c1-3-8-5-4-7-6(8)2/h1,4-5H,2H3. The van der Waals surface area contributed by atoms with Gasteiger partial charge in [0.2, 0.25) is 0 Å². The summed E-state index contributed by atoms with van der Waals surface area (Å²) in [7, 11) is 0. The first kappa shape index (κ1) is 4.92. The fourth-order valence-corrected chi connectivity index (χ4v) is 0.514. The van der Waals surface area contributed by atoms with Crippen LogP contribution in [0, 0.1) is 19.4 Å². The van der Waals surface area contributed by atoms with Crippen LogP contribution >= 0.6 is 0 Å². The molecule has 0 unspecified atom stereocenters. The Balaban J connectivity index is 3.15. The number of imidazole rings is 1. The van der Waals surface area contributed by atoms with E-state index < -0.39 is 0 Å². The van der Waals surface area contributed by atoms with E-state index in [2.05, 4.69) is 11.0 Å². The molecule has 2 nitrogen and oxygen atoms in total. The van der Waals surface area contributed by atoms with E-state index in [1.54, 1.807) is 17.0 Å². The lowest BCUT2D eigenvalue weighted by Crippen LogP contribution is -1.87. The molecule has 1 rings (SSSR count). The fraction of sp³-hybridized carbons (Fsp3) is 0.167. The summed E-state index contributed by atoms with van der Waals surface area (Å²) in [4.78, 5) is 3.91. The van der Waals surface area contributed by atoms with Gasteiger partial charge in [-0.3, -0.25) is 4.57 Å². The Morgan fingerprint density at radius 2 is 2.62 bits per heavy atom. The van der Waals surface area contributed by atoms with Crippen molar-refractivity contribution in [2.75, 3.05) is 0 Å². The quantitative estimate of drug-likeness (QED) is 0.443. The average molecular weight is 106 g/mol. The molecule has 0 aliphatic carbocycles. The molecule has 0 saturated carbocycles. The minimum atomic E-state index is 0.854. The molecule has 0 bridgehead atoms. The molecule has 0 spiro atoms. The molecule has 40 valence electrons. The van der Waals surface area contributed by atoms with Gasteiger partial charge in [-0.2, -0.15) is 0 Å². The highest BCUT2D eigenvalue weighted by Crippen LogP contribution is 1.88. The zero-order valence-electron chi connectivity index (χ0n) is 4.63. The number of rotatable bonds is 0. The number of aromatic nitrogens is 2. The van der Waals surface area contributed by atoms with Crippen molar-refractivity contribution in [1.82, 2.24) is 9.55 Å². The molecular weight excluding hydrogens is 100 g/mol. The molecule has 1 heterocycles. The lowest BCUT2D eigenvalue weighted by atomic mass is 10.7. The third kappa shape index (κ3) is 0.584. The van der Waals surface area contributed by atoms with Gasteiger partial charge in [-0.05, 0) is 6.92 Å². The van der Waals surface area contributed by atoms with Crippen LogP contribution in [-0.2, 0) is 0 Å². The van der Waals surface area contributed by atoms with Crippen LogP contribution in [0.25, 0.3) is 0 Å². The van der Waals surface area contributed by atoms with Gasteiger partial charge >= 0.3 is 0 Å². The molecule has 8 heavy (non-hydrogen) atoms. The van der Waals surface area contributed by atoms with Crippen molar-refractivity contribution in [2.24, 2.45) is 0 Å². The number of terminal acetylenes is 1. The van der Waals surface area contributed by atoms with Gasteiger partial charge in [0.1, 0.15) is 5.82 Å². The number of aryl methyl sites for hydroxylation is 1. The summed E-state index contributed by atoms with van der Waals surface area (Å²) in [6, 6.07) is 2.43. The molecule has 0 radical (unpaired) electrons. The van der Waals surface area contributed by atoms with E-state index in [-0.39, 0.29) is 0 Å². The predicted octanol–water partition coefficient (Wildman–Crippen LogP) is 0.630. The van der Waals surface area contributed by atoms with E-state index in [9.17, 15) is 0 Å². The molecule has 0 fully saturated rings. The van der Waals surface area contributed by atoms with E-state index in [1.807, 2.05) is 6.92 Å². The van der Waals surface area contributed by atoms with Crippen LogP contribution in [0.5, 0.6) is 0 Å². The number of hydrogen-bond donors (Lipinski definition) is 0. The van der Waals surface area contributed by atoms with Crippen LogP contribution in [0.1, 0.15) is 5.82 Å². The monoisotopic (exact) mass is 106 g/mol. The van der Waals surface area contributed by atoms with Crippen LogP contribution in [0.3, 0.4) is 0 Å². The fourth-order valence-electron chi connectivity index (χ4n) is 0.514. The predicted molar refractivity (Wildman–Crippen MR) is 31.2 cm³/mol. The van der Waals surface area contributed by atoms with Crippen LogP contribution in [-0.4, -0.2) is 9.55 Å². The summed E-state index contributed by atoms with van der Waals surface area (Å²) in [5.41, 5.74) is 0. The van der Waals surface area contributed by atoms with Crippen molar-refractivity contribution in [3.05, 3.63) is 18.2 Å². The number of hydrogen-bond acceptors (Lipinski definition) is 1. The van der Waals surface area contributed by atoms with E-state index >= 15 is 0 Å². The summed E-state index contributed by atoms with van der Waals surface area (Å²) >= 11 is 0. The normalized spacial score (nSPS) is 8.50.